The van der Waals surface area contributed by atoms with Crippen LogP contribution in [0.3, 0.4) is 0 Å². The van der Waals surface area contributed by atoms with Crippen LogP contribution in [0.1, 0.15) is 12.5 Å². The van der Waals surface area contributed by atoms with Crippen LogP contribution in [0.4, 0.5) is 5.69 Å². The summed E-state index contributed by atoms with van der Waals surface area (Å²) >= 11 is 5.44. The summed E-state index contributed by atoms with van der Waals surface area (Å²) in [5.41, 5.74) is 2.60. The maximum absolute atomic E-state index is 5.44. The van der Waals surface area contributed by atoms with Crippen LogP contribution in [-0.2, 0) is 11.2 Å². The van der Waals surface area contributed by atoms with Crippen molar-refractivity contribution < 1.29 is 4.74 Å². The molecule has 0 amide bonds. The molecule has 0 saturated heterocycles. The molecule has 0 aromatic heterocycles. The number of hydrogen-bond donors (Lipinski definition) is 1. The highest BCUT2D eigenvalue weighted by molar-refractivity contribution is 7.80. The minimum atomic E-state index is 0.426. The van der Waals surface area contributed by atoms with Gasteiger partial charge in [-0.15, -0.1) is 0 Å². The van der Waals surface area contributed by atoms with Gasteiger partial charge in [0.2, 0.25) is 0 Å². The van der Waals surface area contributed by atoms with Gasteiger partial charge in [0.15, 0.2) is 5.11 Å². The van der Waals surface area contributed by atoms with E-state index in [9.17, 15) is 0 Å². The monoisotopic (exact) mass is 250 g/mol. The third-order valence-electron chi connectivity index (χ3n) is 3.01. The molecule has 0 radical (unpaired) electrons. The second-order valence-electron chi connectivity index (χ2n) is 4.28. The van der Waals surface area contributed by atoms with Crippen LogP contribution in [0.2, 0.25) is 0 Å². The van der Waals surface area contributed by atoms with Gasteiger partial charge < -0.3 is 15.0 Å². The van der Waals surface area contributed by atoms with Crippen molar-refractivity contribution in [1.82, 2.24) is 5.32 Å². The largest absolute Gasteiger partial charge is 0.383 e. The first-order valence-electron chi connectivity index (χ1n) is 5.88. The first-order valence-corrected chi connectivity index (χ1v) is 6.28. The van der Waals surface area contributed by atoms with Gasteiger partial charge in [-0.3, -0.25) is 0 Å². The first kappa shape index (κ1) is 12.3. The molecule has 0 spiro atoms. The Balaban J connectivity index is 2.08. The van der Waals surface area contributed by atoms with Crippen LogP contribution in [0, 0.1) is 0 Å². The minimum absolute atomic E-state index is 0.426. The molecule has 1 aliphatic rings. The van der Waals surface area contributed by atoms with Crippen molar-refractivity contribution in [3.05, 3.63) is 29.8 Å². The molecule has 4 heteroatoms. The number of anilines is 1. The molecule has 1 aromatic rings. The molecule has 17 heavy (non-hydrogen) atoms. The number of ether oxygens (including phenoxy) is 1. The molecule has 0 fully saturated rings. The molecular weight excluding hydrogens is 232 g/mol. The lowest BCUT2D eigenvalue weighted by atomic mass is 10.1. The lowest BCUT2D eigenvalue weighted by molar-refractivity contribution is 0.204. The molecule has 1 aliphatic heterocycles. The summed E-state index contributed by atoms with van der Waals surface area (Å²) in [5, 5.41) is 4.02. The van der Waals surface area contributed by atoms with E-state index in [4.69, 9.17) is 17.0 Å². The Morgan fingerprint density at radius 1 is 1.53 bits per heavy atom. The molecule has 1 N–H and O–H groups in total. The molecule has 2 rings (SSSR count). The van der Waals surface area contributed by atoms with Crippen molar-refractivity contribution in [2.45, 2.75) is 19.4 Å². The fraction of sp³-hybridized carbons (Fsp3) is 0.462. The molecule has 0 bridgehead atoms. The highest BCUT2D eigenvalue weighted by Crippen LogP contribution is 2.31. The van der Waals surface area contributed by atoms with Crippen molar-refractivity contribution in [2.24, 2.45) is 0 Å². The van der Waals surface area contributed by atoms with Gasteiger partial charge >= 0.3 is 0 Å². The van der Waals surface area contributed by atoms with Crippen LogP contribution in [-0.4, -0.2) is 31.4 Å². The Bertz CT molecular complexity index is 408. The van der Waals surface area contributed by atoms with E-state index in [0.29, 0.717) is 12.6 Å². The van der Waals surface area contributed by atoms with Crippen molar-refractivity contribution >= 4 is 23.0 Å². The molecule has 1 heterocycles. The lowest BCUT2D eigenvalue weighted by Gasteiger charge is -2.26. The normalized spacial score (nSPS) is 18.0. The molecule has 1 atom stereocenters. The van der Waals surface area contributed by atoms with Crippen molar-refractivity contribution in [3.8, 4) is 0 Å². The van der Waals surface area contributed by atoms with E-state index in [1.807, 2.05) is 0 Å². The SMILES string of the molecule is COCCNC(=S)N1c2ccccc2CC1C. The van der Waals surface area contributed by atoms with Gasteiger partial charge in [0.1, 0.15) is 0 Å². The summed E-state index contributed by atoms with van der Waals surface area (Å²) in [6.07, 6.45) is 1.06. The van der Waals surface area contributed by atoms with Gasteiger partial charge in [-0.05, 0) is 37.2 Å². The summed E-state index contributed by atoms with van der Waals surface area (Å²) in [6.45, 7) is 3.62. The lowest BCUT2D eigenvalue weighted by Crippen LogP contribution is -2.44. The second kappa shape index (κ2) is 5.47. The average molecular weight is 250 g/mol. The standard InChI is InChI=1S/C13H18N2OS/c1-10-9-11-5-3-4-6-12(11)15(10)13(17)14-7-8-16-2/h3-6,10H,7-9H2,1-2H3,(H,14,17). The van der Waals surface area contributed by atoms with Crippen molar-refractivity contribution in [1.29, 1.82) is 0 Å². The Hall–Kier alpha value is -1.13. The molecular formula is C13H18N2OS. The van der Waals surface area contributed by atoms with Crippen LogP contribution >= 0.6 is 12.2 Å². The van der Waals surface area contributed by atoms with Gasteiger partial charge in [0, 0.05) is 25.4 Å². The first-order chi connectivity index (χ1) is 8.24. The zero-order valence-corrected chi connectivity index (χ0v) is 11.1. The molecule has 1 aromatic carbocycles. The number of methoxy groups -OCH3 is 1. The van der Waals surface area contributed by atoms with E-state index in [0.717, 1.165) is 18.1 Å². The predicted molar refractivity (Wildman–Crippen MR) is 74.6 cm³/mol. The maximum Gasteiger partial charge on any atom is 0.173 e. The number of para-hydroxylation sites is 1. The van der Waals surface area contributed by atoms with E-state index in [1.54, 1.807) is 7.11 Å². The Kier molecular flexibility index (Phi) is 3.97. The highest BCUT2D eigenvalue weighted by Gasteiger charge is 2.27. The Labute approximate surface area is 108 Å². The van der Waals surface area contributed by atoms with Gasteiger partial charge in [-0.1, -0.05) is 18.2 Å². The fourth-order valence-electron chi connectivity index (χ4n) is 2.22. The van der Waals surface area contributed by atoms with Gasteiger partial charge in [-0.25, -0.2) is 0 Å². The quantitative estimate of drug-likeness (QED) is 0.655. The van der Waals surface area contributed by atoms with Crippen molar-refractivity contribution in [3.63, 3.8) is 0 Å². The van der Waals surface area contributed by atoms with E-state index >= 15 is 0 Å². The summed E-state index contributed by atoms with van der Waals surface area (Å²) in [4.78, 5) is 2.19. The Morgan fingerprint density at radius 3 is 3.06 bits per heavy atom. The third-order valence-corrected chi connectivity index (χ3v) is 3.35. The maximum atomic E-state index is 5.44. The number of nitrogens with zero attached hydrogens (tertiary/aromatic N) is 1. The molecule has 92 valence electrons. The molecule has 3 nitrogen and oxygen atoms in total. The van der Waals surface area contributed by atoms with E-state index < -0.39 is 0 Å². The van der Waals surface area contributed by atoms with Gasteiger partial charge in [0.05, 0.1) is 6.61 Å². The number of benzene rings is 1. The number of thiocarbonyl (C=S) groups is 1. The van der Waals surface area contributed by atoms with Gasteiger partial charge in [-0.2, -0.15) is 0 Å². The fourth-order valence-corrected chi connectivity index (χ4v) is 2.60. The zero-order valence-electron chi connectivity index (χ0n) is 10.3. The summed E-state index contributed by atoms with van der Waals surface area (Å²) in [5.74, 6) is 0. The number of fused-ring (bicyclic) bond motifs is 1. The number of nitrogens with one attached hydrogen (secondary N) is 1. The van der Waals surface area contributed by atoms with Crippen LogP contribution < -0.4 is 10.2 Å². The van der Waals surface area contributed by atoms with E-state index in [-0.39, 0.29) is 0 Å². The summed E-state index contributed by atoms with van der Waals surface area (Å²) in [7, 11) is 1.69. The van der Waals surface area contributed by atoms with Crippen LogP contribution in [0.25, 0.3) is 0 Å². The topological polar surface area (TPSA) is 24.5 Å². The molecule has 1 unspecified atom stereocenters. The third kappa shape index (κ3) is 2.58. The second-order valence-corrected chi connectivity index (χ2v) is 4.66. The van der Waals surface area contributed by atoms with E-state index in [2.05, 4.69) is 41.4 Å². The van der Waals surface area contributed by atoms with Crippen LogP contribution in [0.15, 0.2) is 24.3 Å². The minimum Gasteiger partial charge on any atom is -0.383 e. The number of hydrogen-bond acceptors (Lipinski definition) is 2. The average Bonchev–Trinajstić information content (AvgIpc) is 2.65. The Morgan fingerprint density at radius 2 is 2.29 bits per heavy atom. The molecule has 0 saturated carbocycles. The smallest absolute Gasteiger partial charge is 0.173 e. The van der Waals surface area contributed by atoms with Crippen molar-refractivity contribution in [2.75, 3.05) is 25.2 Å². The number of rotatable bonds is 3. The summed E-state index contributed by atoms with van der Waals surface area (Å²) < 4.78 is 5.01. The van der Waals surface area contributed by atoms with E-state index in [1.165, 1.54) is 11.3 Å². The van der Waals surface area contributed by atoms with Gasteiger partial charge in [0.25, 0.3) is 0 Å². The zero-order chi connectivity index (χ0) is 12.3. The van der Waals surface area contributed by atoms with Crippen LogP contribution in [0.5, 0.6) is 0 Å². The highest BCUT2D eigenvalue weighted by atomic mass is 32.1. The summed E-state index contributed by atoms with van der Waals surface area (Å²) in [6, 6.07) is 8.86. The molecule has 0 aliphatic carbocycles. The predicted octanol–water partition coefficient (Wildman–Crippen LogP) is 1.96.